The molecule has 0 bridgehead atoms. The van der Waals surface area contributed by atoms with Crippen molar-refractivity contribution < 1.29 is 0 Å². The maximum Gasteiger partial charge on any atom is 0.154 e. The maximum atomic E-state index is 4.77. The highest BCUT2D eigenvalue weighted by Gasteiger charge is 2.27. The lowest BCUT2D eigenvalue weighted by atomic mass is 9.85. The Morgan fingerprint density at radius 2 is 2.00 bits per heavy atom. The first-order chi connectivity index (χ1) is 7.84. The summed E-state index contributed by atoms with van der Waals surface area (Å²) < 4.78 is 2.01. The number of hydrogen-bond donors (Lipinski definition) is 1. The van der Waals surface area contributed by atoms with Crippen molar-refractivity contribution in [2.45, 2.75) is 43.9 Å². The molecule has 1 aliphatic carbocycles. The van der Waals surface area contributed by atoms with Crippen LogP contribution in [-0.4, -0.2) is 27.9 Å². The van der Waals surface area contributed by atoms with Gasteiger partial charge in [0.05, 0.1) is 0 Å². The molecule has 1 saturated heterocycles. The van der Waals surface area contributed by atoms with E-state index >= 15 is 0 Å². The van der Waals surface area contributed by atoms with E-state index in [0.717, 1.165) is 18.9 Å². The minimum absolute atomic E-state index is 0.570. The van der Waals surface area contributed by atoms with E-state index in [4.69, 9.17) is 4.98 Å². The van der Waals surface area contributed by atoms with Gasteiger partial charge in [-0.05, 0) is 32.2 Å². The highest BCUT2D eigenvalue weighted by atomic mass is 15.3. The average Bonchev–Trinajstić information content (AvgIpc) is 2.59. The Labute approximate surface area is 96.4 Å². The van der Waals surface area contributed by atoms with Crippen LogP contribution in [0.3, 0.4) is 0 Å². The zero-order valence-corrected chi connectivity index (χ0v) is 9.95. The molecule has 1 aromatic heterocycles. The first-order valence-corrected chi connectivity index (χ1v) is 6.46. The number of hydrogen-bond acceptors (Lipinski definition) is 3. The Bertz CT molecular complexity index is 361. The molecule has 4 nitrogen and oxygen atoms in total. The van der Waals surface area contributed by atoms with Crippen LogP contribution < -0.4 is 5.32 Å². The largest absolute Gasteiger partial charge is 0.316 e. The van der Waals surface area contributed by atoms with Gasteiger partial charge in [0.25, 0.3) is 0 Å². The van der Waals surface area contributed by atoms with E-state index in [9.17, 15) is 0 Å². The molecular formula is C12H20N4. The van der Waals surface area contributed by atoms with Gasteiger partial charge in [0.15, 0.2) is 5.82 Å². The second kappa shape index (κ2) is 4.17. The van der Waals surface area contributed by atoms with Crippen LogP contribution in [-0.2, 0) is 7.05 Å². The SMILES string of the molecule is Cn1nc(C2CCC2)nc1C1CCCNC1. The number of aryl methyl sites for hydroxylation is 1. The molecule has 0 aromatic carbocycles. The molecule has 1 saturated carbocycles. The molecule has 1 N–H and O–H groups in total. The monoisotopic (exact) mass is 220 g/mol. The zero-order valence-electron chi connectivity index (χ0n) is 9.95. The maximum absolute atomic E-state index is 4.77. The molecule has 0 amide bonds. The fourth-order valence-corrected chi connectivity index (χ4v) is 2.68. The third-order valence-electron chi connectivity index (χ3n) is 3.95. The van der Waals surface area contributed by atoms with Gasteiger partial charge in [-0.1, -0.05) is 6.42 Å². The summed E-state index contributed by atoms with van der Waals surface area (Å²) >= 11 is 0. The number of piperidine rings is 1. The molecule has 1 aliphatic heterocycles. The van der Waals surface area contributed by atoms with Crippen LogP contribution in [0.1, 0.15) is 55.6 Å². The summed E-state index contributed by atoms with van der Waals surface area (Å²) in [4.78, 5) is 4.77. The van der Waals surface area contributed by atoms with Crippen molar-refractivity contribution >= 4 is 0 Å². The molecule has 4 heteroatoms. The van der Waals surface area contributed by atoms with Crippen LogP contribution in [0.5, 0.6) is 0 Å². The molecule has 0 radical (unpaired) electrons. The first kappa shape index (κ1) is 10.3. The van der Waals surface area contributed by atoms with Crippen molar-refractivity contribution in [1.29, 1.82) is 0 Å². The van der Waals surface area contributed by atoms with Crippen molar-refractivity contribution in [1.82, 2.24) is 20.1 Å². The summed E-state index contributed by atoms with van der Waals surface area (Å²) in [5.41, 5.74) is 0. The smallest absolute Gasteiger partial charge is 0.154 e. The van der Waals surface area contributed by atoms with Crippen LogP contribution in [0, 0.1) is 0 Å². The standard InChI is InChI=1S/C12H20N4/c1-16-12(10-6-3-7-13-8-10)14-11(15-16)9-4-2-5-9/h9-10,13H,2-8H2,1H3. The van der Waals surface area contributed by atoms with Crippen LogP contribution in [0.4, 0.5) is 0 Å². The fourth-order valence-electron chi connectivity index (χ4n) is 2.68. The summed E-state index contributed by atoms with van der Waals surface area (Å²) in [6.07, 6.45) is 6.43. The summed E-state index contributed by atoms with van der Waals surface area (Å²) in [6, 6.07) is 0. The lowest BCUT2D eigenvalue weighted by molar-refractivity contribution is 0.400. The van der Waals surface area contributed by atoms with E-state index < -0.39 is 0 Å². The van der Waals surface area contributed by atoms with Crippen LogP contribution in [0.25, 0.3) is 0 Å². The van der Waals surface area contributed by atoms with Gasteiger partial charge in [-0.3, -0.25) is 4.68 Å². The van der Waals surface area contributed by atoms with Gasteiger partial charge < -0.3 is 5.32 Å². The van der Waals surface area contributed by atoms with Crippen LogP contribution in [0.2, 0.25) is 0 Å². The minimum Gasteiger partial charge on any atom is -0.316 e. The quantitative estimate of drug-likeness (QED) is 0.822. The second-order valence-corrected chi connectivity index (χ2v) is 5.12. The molecule has 1 aromatic rings. The fraction of sp³-hybridized carbons (Fsp3) is 0.833. The third kappa shape index (κ3) is 1.75. The summed E-state index contributed by atoms with van der Waals surface area (Å²) in [5, 5.41) is 8.03. The topological polar surface area (TPSA) is 42.7 Å². The van der Waals surface area contributed by atoms with Crippen molar-refractivity contribution in [2.75, 3.05) is 13.1 Å². The van der Waals surface area contributed by atoms with E-state index in [1.165, 1.54) is 37.9 Å². The number of rotatable bonds is 2. The summed E-state index contributed by atoms with van der Waals surface area (Å²) in [5.74, 6) is 3.50. The van der Waals surface area contributed by atoms with Gasteiger partial charge in [0.1, 0.15) is 5.82 Å². The Morgan fingerprint density at radius 1 is 1.19 bits per heavy atom. The average molecular weight is 220 g/mol. The van der Waals surface area contributed by atoms with E-state index in [0.29, 0.717) is 11.8 Å². The van der Waals surface area contributed by atoms with Gasteiger partial charge in [0, 0.05) is 25.4 Å². The van der Waals surface area contributed by atoms with Gasteiger partial charge in [0.2, 0.25) is 0 Å². The Morgan fingerprint density at radius 3 is 2.62 bits per heavy atom. The van der Waals surface area contributed by atoms with Gasteiger partial charge >= 0.3 is 0 Å². The predicted molar refractivity (Wildman–Crippen MR) is 62.4 cm³/mol. The number of aromatic nitrogens is 3. The Balaban J connectivity index is 1.79. The third-order valence-corrected chi connectivity index (χ3v) is 3.95. The van der Waals surface area contributed by atoms with Gasteiger partial charge in [-0.2, -0.15) is 5.10 Å². The number of nitrogens with one attached hydrogen (secondary N) is 1. The van der Waals surface area contributed by atoms with E-state index in [2.05, 4.69) is 10.4 Å². The minimum atomic E-state index is 0.570. The molecule has 2 aliphatic rings. The second-order valence-electron chi connectivity index (χ2n) is 5.12. The lowest BCUT2D eigenvalue weighted by Gasteiger charge is -2.22. The number of nitrogens with zero attached hydrogens (tertiary/aromatic N) is 3. The predicted octanol–water partition coefficient (Wildman–Crippen LogP) is 1.55. The van der Waals surface area contributed by atoms with E-state index in [-0.39, 0.29) is 0 Å². The molecule has 2 heterocycles. The molecule has 2 fully saturated rings. The van der Waals surface area contributed by atoms with Crippen molar-refractivity contribution in [2.24, 2.45) is 7.05 Å². The molecule has 1 unspecified atom stereocenters. The Hall–Kier alpha value is -0.900. The molecule has 1 atom stereocenters. The molecule has 16 heavy (non-hydrogen) atoms. The van der Waals surface area contributed by atoms with Crippen molar-refractivity contribution in [3.05, 3.63) is 11.6 Å². The van der Waals surface area contributed by atoms with Crippen molar-refractivity contribution in [3.8, 4) is 0 Å². The molecule has 0 spiro atoms. The van der Waals surface area contributed by atoms with Crippen LogP contribution >= 0.6 is 0 Å². The molecule has 88 valence electrons. The highest BCUT2D eigenvalue weighted by molar-refractivity contribution is 5.07. The first-order valence-electron chi connectivity index (χ1n) is 6.46. The van der Waals surface area contributed by atoms with Gasteiger partial charge in [-0.15, -0.1) is 0 Å². The zero-order chi connectivity index (χ0) is 11.0. The highest BCUT2D eigenvalue weighted by Crippen LogP contribution is 2.35. The van der Waals surface area contributed by atoms with E-state index in [1.807, 2.05) is 11.7 Å². The van der Waals surface area contributed by atoms with Gasteiger partial charge in [-0.25, -0.2) is 4.98 Å². The molecular weight excluding hydrogens is 200 g/mol. The van der Waals surface area contributed by atoms with Crippen LogP contribution in [0.15, 0.2) is 0 Å². The van der Waals surface area contributed by atoms with E-state index in [1.54, 1.807) is 0 Å². The Kier molecular flexibility index (Phi) is 2.67. The summed E-state index contributed by atoms with van der Waals surface area (Å²) in [6.45, 7) is 2.22. The molecule has 3 rings (SSSR count). The summed E-state index contributed by atoms with van der Waals surface area (Å²) in [7, 11) is 2.04. The lowest BCUT2D eigenvalue weighted by Crippen LogP contribution is -2.29. The normalized spacial score (nSPS) is 26.7. The van der Waals surface area contributed by atoms with Crippen molar-refractivity contribution in [3.63, 3.8) is 0 Å².